The Morgan fingerprint density at radius 1 is 1.07 bits per heavy atom. The van der Waals surface area contributed by atoms with Crippen LogP contribution in [0.1, 0.15) is 23.6 Å². The van der Waals surface area contributed by atoms with Crippen molar-refractivity contribution in [1.29, 1.82) is 0 Å². The van der Waals surface area contributed by atoms with Gasteiger partial charge in [-0.3, -0.25) is 4.98 Å². The lowest BCUT2D eigenvalue weighted by molar-refractivity contribution is -0.551. The van der Waals surface area contributed by atoms with Gasteiger partial charge in [0.05, 0.1) is 16.7 Å². The van der Waals surface area contributed by atoms with E-state index in [0.29, 0.717) is 11.1 Å². The summed E-state index contributed by atoms with van der Waals surface area (Å²) < 4.78 is 85.5. The summed E-state index contributed by atoms with van der Waals surface area (Å²) in [6.45, 7) is 0. The lowest BCUT2D eigenvalue weighted by atomic mass is 9.97. The molecular weight excluding hydrogens is 412 g/mol. The molecule has 10 heteroatoms. The number of benzene rings is 1. The number of aromatic nitrogens is 2. The summed E-state index contributed by atoms with van der Waals surface area (Å²) in [6, 6.07) is 3.74. The molecule has 3 heterocycles. The maximum absolute atomic E-state index is 13.3. The number of fused-ring (bicyclic) bond motifs is 1. The van der Waals surface area contributed by atoms with Gasteiger partial charge in [0.2, 0.25) is 5.89 Å². The lowest BCUT2D eigenvalue weighted by Crippen LogP contribution is -2.34. The summed E-state index contributed by atoms with van der Waals surface area (Å²) in [6.07, 6.45) is -3.50. The van der Waals surface area contributed by atoms with Crippen molar-refractivity contribution in [1.82, 2.24) is 9.97 Å². The Labute approximate surface area is 166 Å². The van der Waals surface area contributed by atoms with Crippen LogP contribution in [0.15, 0.2) is 53.2 Å². The van der Waals surface area contributed by atoms with Gasteiger partial charge in [0, 0.05) is 24.9 Å². The third-order valence-electron chi connectivity index (χ3n) is 4.93. The Balaban J connectivity index is 1.81. The highest BCUT2D eigenvalue weighted by Gasteiger charge is 2.44. The molecule has 4 rings (SSSR count). The molecule has 1 aliphatic heterocycles. The van der Waals surface area contributed by atoms with Gasteiger partial charge in [0.25, 0.3) is 5.71 Å². The van der Waals surface area contributed by atoms with Crippen LogP contribution in [0.3, 0.4) is 0 Å². The quantitative estimate of drug-likeness (QED) is 0.398. The number of halogens is 6. The van der Waals surface area contributed by atoms with E-state index in [9.17, 15) is 26.3 Å². The maximum atomic E-state index is 13.3. The monoisotopic (exact) mass is 426 g/mol. The molecular formula is C20H14F6N3O+. The Hall–Kier alpha value is -3.17. The highest BCUT2D eigenvalue weighted by molar-refractivity contribution is 5.95. The minimum Gasteiger partial charge on any atom is -0.436 e. The van der Waals surface area contributed by atoms with Gasteiger partial charge in [-0.2, -0.15) is 26.3 Å². The molecule has 3 aromatic rings. The molecule has 4 nitrogen and oxygen atoms in total. The van der Waals surface area contributed by atoms with Crippen molar-refractivity contribution in [2.45, 2.75) is 24.8 Å². The second kappa shape index (κ2) is 6.96. The first-order chi connectivity index (χ1) is 14.1. The number of oxazole rings is 1. The fourth-order valence-electron chi connectivity index (χ4n) is 3.47. The van der Waals surface area contributed by atoms with E-state index in [1.54, 1.807) is 0 Å². The van der Waals surface area contributed by atoms with Crippen LogP contribution in [0.5, 0.6) is 0 Å². The Morgan fingerprint density at radius 2 is 1.83 bits per heavy atom. The minimum atomic E-state index is -4.53. The van der Waals surface area contributed by atoms with E-state index >= 15 is 0 Å². The average Bonchev–Trinajstić information content (AvgIpc) is 3.10. The Morgan fingerprint density at radius 3 is 2.53 bits per heavy atom. The summed E-state index contributed by atoms with van der Waals surface area (Å²) in [4.78, 5) is 8.15. The molecule has 2 aromatic heterocycles. The van der Waals surface area contributed by atoms with Crippen LogP contribution < -0.4 is 0 Å². The van der Waals surface area contributed by atoms with Gasteiger partial charge < -0.3 is 4.42 Å². The number of pyridine rings is 1. The minimum absolute atomic E-state index is 0.00187. The summed E-state index contributed by atoms with van der Waals surface area (Å²) in [5.41, 5.74) is -0.744. The van der Waals surface area contributed by atoms with Crippen molar-refractivity contribution in [3.05, 3.63) is 59.9 Å². The van der Waals surface area contributed by atoms with Crippen LogP contribution in [0.25, 0.3) is 22.6 Å². The molecule has 0 N–H and O–H groups in total. The second-order valence-corrected chi connectivity index (χ2v) is 6.81. The van der Waals surface area contributed by atoms with Crippen molar-refractivity contribution >= 4 is 16.8 Å². The van der Waals surface area contributed by atoms with Crippen molar-refractivity contribution in [2.75, 3.05) is 7.05 Å². The van der Waals surface area contributed by atoms with Crippen molar-refractivity contribution < 1.29 is 35.3 Å². The standard InChI is InChI=1S/C20H14F6N3O/c1-29-15(3-2-4-17(29)20(24,25)26)13-10-27-8-7-12(13)18-28-14-9-11(19(21,22)23)5-6-16(14)30-18/h2,4-10,15H,3H2,1H3/q+1. The number of hydrogen-bond acceptors (Lipinski definition) is 3. The van der Waals surface area contributed by atoms with E-state index in [1.807, 2.05) is 0 Å². The first kappa shape index (κ1) is 20.1. The fraction of sp³-hybridized carbons (Fsp3) is 0.250. The van der Waals surface area contributed by atoms with Crippen molar-refractivity contribution in [2.24, 2.45) is 0 Å². The zero-order valence-electron chi connectivity index (χ0n) is 15.4. The molecule has 1 unspecified atom stereocenters. The summed E-state index contributed by atoms with van der Waals surface area (Å²) in [5.74, 6) is 0.0123. The van der Waals surface area contributed by atoms with Crippen LogP contribution in [0.2, 0.25) is 0 Å². The van der Waals surface area contributed by atoms with Crippen LogP contribution in [0.4, 0.5) is 26.3 Å². The summed E-state index contributed by atoms with van der Waals surface area (Å²) in [5, 5.41) is 0. The number of hydrogen-bond donors (Lipinski definition) is 0. The van der Waals surface area contributed by atoms with Gasteiger partial charge in [-0.25, -0.2) is 9.56 Å². The van der Waals surface area contributed by atoms with Gasteiger partial charge in [-0.1, -0.05) is 6.08 Å². The molecule has 0 aliphatic carbocycles. The fourth-order valence-corrected chi connectivity index (χ4v) is 3.47. The first-order valence-corrected chi connectivity index (χ1v) is 8.81. The predicted molar refractivity (Wildman–Crippen MR) is 96.0 cm³/mol. The molecule has 1 atom stereocenters. The molecule has 1 aliphatic rings. The molecule has 0 amide bonds. The third-order valence-corrected chi connectivity index (χ3v) is 4.93. The van der Waals surface area contributed by atoms with E-state index in [1.165, 1.54) is 37.7 Å². The topological polar surface area (TPSA) is 41.9 Å². The van der Waals surface area contributed by atoms with Gasteiger partial charge in [0.1, 0.15) is 12.6 Å². The zero-order valence-corrected chi connectivity index (χ0v) is 15.4. The highest BCUT2D eigenvalue weighted by Crippen LogP contribution is 2.36. The van der Waals surface area contributed by atoms with E-state index in [-0.39, 0.29) is 23.4 Å². The Kier molecular flexibility index (Phi) is 4.67. The zero-order chi connectivity index (χ0) is 21.7. The molecule has 0 fully saturated rings. The van der Waals surface area contributed by atoms with Crippen molar-refractivity contribution in [3.8, 4) is 11.5 Å². The molecule has 30 heavy (non-hydrogen) atoms. The normalized spacial score (nSPS) is 17.8. The largest absolute Gasteiger partial charge is 0.477 e. The van der Waals surface area contributed by atoms with Gasteiger partial charge >= 0.3 is 12.4 Å². The summed E-state index contributed by atoms with van der Waals surface area (Å²) in [7, 11) is 1.33. The van der Waals surface area contributed by atoms with Gasteiger partial charge in [-0.15, -0.1) is 0 Å². The van der Waals surface area contributed by atoms with Crippen LogP contribution in [-0.4, -0.2) is 33.5 Å². The van der Waals surface area contributed by atoms with E-state index < -0.39 is 29.7 Å². The maximum Gasteiger partial charge on any atom is 0.477 e. The smallest absolute Gasteiger partial charge is 0.436 e. The molecule has 0 radical (unpaired) electrons. The lowest BCUT2D eigenvalue weighted by Gasteiger charge is -2.20. The molecule has 1 aromatic carbocycles. The van der Waals surface area contributed by atoms with Crippen LogP contribution >= 0.6 is 0 Å². The SMILES string of the molecule is C[N+]1=C(C(F)(F)F)C=CCC1c1cnccc1-c1nc2cc(C(F)(F)F)ccc2o1. The van der Waals surface area contributed by atoms with Crippen LogP contribution in [0, 0.1) is 0 Å². The van der Waals surface area contributed by atoms with Gasteiger partial charge in [-0.05, 0) is 24.3 Å². The second-order valence-electron chi connectivity index (χ2n) is 6.81. The average molecular weight is 426 g/mol. The number of nitrogens with zero attached hydrogens (tertiary/aromatic N) is 3. The predicted octanol–water partition coefficient (Wildman–Crippen LogP) is 5.56. The molecule has 0 bridgehead atoms. The summed E-state index contributed by atoms with van der Waals surface area (Å²) >= 11 is 0. The van der Waals surface area contributed by atoms with Crippen LogP contribution in [-0.2, 0) is 6.18 Å². The van der Waals surface area contributed by atoms with Gasteiger partial charge in [0.15, 0.2) is 11.6 Å². The first-order valence-electron chi connectivity index (χ1n) is 8.81. The highest BCUT2D eigenvalue weighted by atomic mass is 19.4. The molecule has 0 spiro atoms. The van der Waals surface area contributed by atoms with E-state index in [2.05, 4.69) is 9.97 Å². The molecule has 0 saturated heterocycles. The molecule has 0 saturated carbocycles. The molecule has 156 valence electrons. The van der Waals surface area contributed by atoms with E-state index in [0.717, 1.165) is 22.8 Å². The number of allylic oxidation sites excluding steroid dienone is 1. The number of rotatable bonds is 2. The number of alkyl halides is 6. The van der Waals surface area contributed by atoms with E-state index in [4.69, 9.17) is 4.42 Å². The van der Waals surface area contributed by atoms with Crippen molar-refractivity contribution in [3.63, 3.8) is 0 Å². The third kappa shape index (κ3) is 3.57. The Bertz CT molecular complexity index is 1170.